The predicted molar refractivity (Wildman–Crippen MR) is 154 cm³/mol. The van der Waals surface area contributed by atoms with E-state index in [0.29, 0.717) is 17.5 Å². The number of rotatable bonds is 4. The summed E-state index contributed by atoms with van der Waals surface area (Å²) in [5.41, 5.74) is 5.81. The van der Waals surface area contributed by atoms with E-state index in [4.69, 9.17) is 19.9 Å². The molecular formula is C34H22N4. The second-order valence-corrected chi connectivity index (χ2v) is 9.17. The number of benzene rings is 5. The Morgan fingerprint density at radius 1 is 0.316 bits per heavy atom. The molecule has 7 rings (SSSR count). The lowest BCUT2D eigenvalue weighted by Gasteiger charge is -2.09. The van der Waals surface area contributed by atoms with Gasteiger partial charge in [0.25, 0.3) is 0 Å². The first kappa shape index (κ1) is 22.0. The number of aromatic nitrogens is 4. The van der Waals surface area contributed by atoms with Gasteiger partial charge in [-0.2, -0.15) is 0 Å². The SMILES string of the molecule is c1ccc(-c2nc(-c3ccccc3)nc(-c3ccc(-c4ccc5c(ccc6ccccc65)n4)cc3)n2)cc1. The molecule has 0 fully saturated rings. The van der Waals surface area contributed by atoms with E-state index in [-0.39, 0.29) is 0 Å². The van der Waals surface area contributed by atoms with Gasteiger partial charge in [-0.1, -0.05) is 121 Å². The van der Waals surface area contributed by atoms with Crippen molar-refractivity contribution in [3.8, 4) is 45.4 Å². The third kappa shape index (κ3) is 4.08. The second-order valence-electron chi connectivity index (χ2n) is 9.17. The number of hydrogen-bond acceptors (Lipinski definition) is 4. The lowest BCUT2D eigenvalue weighted by molar-refractivity contribution is 1.07. The first-order chi connectivity index (χ1) is 18.8. The molecule has 0 saturated carbocycles. The molecule has 0 aliphatic rings. The maximum atomic E-state index is 4.96. The highest BCUT2D eigenvalue weighted by atomic mass is 15.0. The summed E-state index contributed by atoms with van der Waals surface area (Å²) in [6, 6.07) is 45.2. The molecule has 2 aromatic heterocycles. The number of hydrogen-bond donors (Lipinski definition) is 0. The van der Waals surface area contributed by atoms with E-state index >= 15 is 0 Å². The molecule has 38 heavy (non-hydrogen) atoms. The highest BCUT2D eigenvalue weighted by Crippen LogP contribution is 2.29. The van der Waals surface area contributed by atoms with Crippen LogP contribution in [0.3, 0.4) is 0 Å². The molecule has 5 aromatic carbocycles. The van der Waals surface area contributed by atoms with Crippen LogP contribution in [0.25, 0.3) is 67.1 Å². The van der Waals surface area contributed by atoms with E-state index in [2.05, 4.69) is 72.8 Å². The fourth-order valence-corrected chi connectivity index (χ4v) is 4.77. The molecular weight excluding hydrogens is 464 g/mol. The first-order valence-electron chi connectivity index (χ1n) is 12.6. The molecule has 2 heterocycles. The van der Waals surface area contributed by atoms with Gasteiger partial charge in [-0.15, -0.1) is 0 Å². The van der Waals surface area contributed by atoms with Crippen LogP contribution in [0.4, 0.5) is 0 Å². The Hall–Kier alpha value is -5.22. The number of pyridine rings is 1. The Balaban J connectivity index is 1.28. The van der Waals surface area contributed by atoms with Crippen LogP contribution in [0.5, 0.6) is 0 Å². The van der Waals surface area contributed by atoms with Crippen LogP contribution < -0.4 is 0 Å². The standard InChI is InChI=1S/C34H22N4/c1-3-10-25(11-4-1)32-36-33(26-12-5-2-6-13-26)38-34(37-32)27-17-15-24(16-18-27)30-22-20-29-28-14-8-7-9-23(28)19-21-31(29)35-30/h1-22H. The maximum Gasteiger partial charge on any atom is 0.164 e. The lowest BCUT2D eigenvalue weighted by Crippen LogP contribution is -2.00. The molecule has 0 atom stereocenters. The van der Waals surface area contributed by atoms with Crippen molar-refractivity contribution < 1.29 is 0 Å². The summed E-state index contributed by atoms with van der Waals surface area (Å²) < 4.78 is 0. The fraction of sp³-hybridized carbons (Fsp3) is 0. The fourth-order valence-electron chi connectivity index (χ4n) is 4.77. The summed E-state index contributed by atoms with van der Waals surface area (Å²) in [6.07, 6.45) is 0. The molecule has 0 amide bonds. The van der Waals surface area contributed by atoms with Crippen molar-refractivity contribution in [2.24, 2.45) is 0 Å². The Bertz CT molecular complexity index is 1840. The van der Waals surface area contributed by atoms with Gasteiger partial charge in [-0.05, 0) is 22.9 Å². The van der Waals surface area contributed by atoms with Gasteiger partial charge in [0.15, 0.2) is 17.5 Å². The molecule has 7 aromatic rings. The number of nitrogens with zero attached hydrogens (tertiary/aromatic N) is 4. The van der Waals surface area contributed by atoms with E-state index in [0.717, 1.165) is 38.9 Å². The highest BCUT2D eigenvalue weighted by Gasteiger charge is 2.12. The minimum atomic E-state index is 0.641. The van der Waals surface area contributed by atoms with Crippen LogP contribution in [0.15, 0.2) is 133 Å². The predicted octanol–water partition coefficient (Wildman–Crippen LogP) is 8.24. The molecule has 0 unspecified atom stereocenters. The van der Waals surface area contributed by atoms with Crippen molar-refractivity contribution in [3.05, 3.63) is 133 Å². The van der Waals surface area contributed by atoms with Crippen molar-refractivity contribution in [2.45, 2.75) is 0 Å². The van der Waals surface area contributed by atoms with Gasteiger partial charge in [0.1, 0.15) is 0 Å². The molecule has 4 nitrogen and oxygen atoms in total. The Morgan fingerprint density at radius 2 is 0.842 bits per heavy atom. The van der Waals surface area contributed by atoms with Crippen LogP contribution in [-0.2, 0) is 0 Å². The first-order valence-corrected chi connectivity index (χ1v) is 12.6. The third-order valence-electron chi connectivity index (χ3n) is 6.73. The average Bonchev–Trinajstić information content (AvgIpc) is 3.01. The molecule has 0 bridgehead atoms. The lowest BCUT2D eigenvalue weighted by atomic mass is 10.0. The topological polar surface area (TPSA) is 51.6 Å². The van der Waals surface area contributed by atoms with Crippen molar-refractivity contribution in [1.82, 2.24) is 19.9 Å². The summed E-state index contributed by atoms with van der Waals surface area (Å²) in [5.74, 6) is 1.95. The van der Waals surface area contributed by atoms with Gasteiger partial charge in [0, 0.05) is 27.6 Å². The van der Waals surface area contributed by atoms with Gasteiger partial charge >= 0.3 is 0 Å². The van der Waals surface area contributed by atoms with Gasteiger partial charge in [-0.25, -0.2) is 19.9 Å². The van der Waals surface area contributed by atoms with Crippen LogP contribution in [-0.4, -0.2) is 19.9 Å². The summed E-state index contributed by atoms with van der Waals surface area (Å²) >= 11 is 0. The van der Waals surface area contributed by atoms with Crippen molar-refractivity contribution in [1.29, 1.82) is 0 Å². The van der Waals surface area contributed by atoms with E-state index in [9.17, 15) is 0 Å². The second kappa shape index (κ2) is 9.34. The van der Waals surface area contributed by atoms with E-state index < -0.39 is 0 Å². The van der Waals surface area contributed by atoms with Crippen LogP contribution in [0.2, 0.25) is 0 Å². The van der Waals surface area contributed by atoms with Gasteiger partial charge in [-0.3, -0.25) is 0 Å². The Kier molecular flexibility index (Phi) is 5.41. The minimum absolute atomic E-state index is 0.641. The molecule has 4 heteroatoms. The molecule has 0 aliphatic heterocycles. The quantitative estimate of drug-likeness (QED) is 0.235. The van der Waals surface area contributed by atoms with Crippen molar-refractivity contribution in [3.63, 3.8) is 0 Å². The maximum absolute atomic E-state index is 4.96. The molecule has 178 valence electrons. The molecule has 0 radical (unpaired) electrons. The highest BCUT2D eigenvalue weighted by molar-refractivity contribution is 6.06. The van der Waals surface area contributed by atoms with Crippen LogP contribution in [0, 0.1) is 0 Å². The van der Waals surface area contributed by atoms with Crippen molar-refractivity contribution >= 4 is 21.7 Å². The summed E-state index contributed by atoms with van der Waals surface area (Å²) in [5, 5.41) is 3.61. The van der Waals surface area contributed by atoms with E-state index in [1.165, 1.54) is 10.8 Å². The van der Waals surface area contributed by atoms with Gasteiger partial charge in [0.2, 0.25) is 0 Å². The minimum Gasteiger partial charge on any atom is -0.248 e. The molecule has 0 saturated heterocycles. The molecule has 0 aliphatic carbocycles. The Morgan fingerprint density at radius 3 is 1.47 bits per heavy atom. The van der Waals surface area contributed by atoms with Gasteiger partial charge < -0.3 is 0 Å². The summed E-state index contributed by atoms with van der Waals surface area (Å²) in [7, 11) is 0. The monoisotopic (exact) mass is 486 g/mol. The summed E-state index contributed by atoms with van der Waals surface area (Å²) in [6.45, 7) is 0. The van der Waals surface area contributed by atoms with Crippen LogP contribution >= 0.6 is 0 Å². The van der Waals surface area contributed by atoms with Crippen molar-refractivity contribution in [2.75, 3.05) is 0 Å². The van der Waals surface area contributed by atoms with E-state index in [1.54, 1.807) is 0 Å². The molecule has 0 spiro atoms. The third-order valence-corrected chi connectivity index (χ3v) is 6.73. The normalized spacial score (nSPS) is 11.2. The van der Waals surface area contributed by atoms with Crippen LogP contribution in [0.1, 0.15) is 0 Å². The smallest absolute Gasteiger partial charge is 0.164 e. The number of fused-ring (bicyclic) bond motifs is 3. The zero-order chi connectivity index (χ0) is 25.3. The molecule has 0 N–H and O–H groups in total. The largest absolute Gasteiger partial charge is 0.248 e. The average molecular weight is 487 g/mol. The van der Waals surface area contributed by atoms with E-state index in [1.807, 2.05) is 60.7 Å². The van der Waals surface area contributed by atoms with Gasteiger partial charge in [0.05, 0.1) is 11.2 Å². The zero-order valence-corrected chi connectivity index (χ0v) is 20.5. The zero-order valence-electron chi connectivity index (χ0n) is 20.5. The summed E-state index contributed by atoms with van der Waals surface area (Å²) in [4.78, 5) is 19.4. The Labute approximate surface area is 220 Å².